The molecule has 0 heterocycles. The summed E-state index contributed by atoms with van der Waals surface area (Å²) in [5.41, 5.74) is 1.32. The van der Waals surface area contributed by atoms with Crippen molar-refractivity contribution >= 4 is 35.0 Å². The maximum absolute atomic E-state index is 13.2. The van der Waals surface area contributed by atoms with E-state index in [-0.39, 0.29) is 25.0 Å². The summed E-state index contributed by atoms with van der Waals surface area (Å²) in [6, 6.07) is 11.9. The normalized spacial score (nSPS) is 12.2. The lowest BCUT2D eigenvalue weighted by molar-refractivity contribution is -0.143. The molecule has 31 heavy (non-hydrogen) atoms. The molecular weight excluding hydrogens is 435 g/mol. The van der Waals surface area contributed by atoms with Gasteiger partial charge in [0.05, 0.1) is 0 Å². The molecule has 2 aromatic rings. The molecule has 0 fully saturated rings. The van der Waals surface area contributed by atoms with E-state index in [1.54, 1.807) is 24.3 Å². The first kappa shape index (κ1) is 25.0. The van der Waals surface area contributed by atoms with Crippen LogP contribution in [0.15, 0.2) is 42.5 Å². The summed E-state index contributed by atoms with van der Waals surface area (Å²) < 4.78 is 5.71. The third kappa shape index (κ3) is 7.75. The molecule has 0 saturated heterocycles. The SMILES string of the molecule is CCC(C(=O)NC(C)(C)C)N(Cc1ccc(Cl)cc1Cl)C(=O)COc1cccc(C)c1. The highest BCUT2D eigenvalue weighted by atomic mass is 35.5. The smallest absolute Gasteiger partial charge is 0.261 e. The number of hydrogen-bond acceptors (Lipinski definition) is 3. The van der Waals surface area contributed by atoms with Crippen molar-refractivity contribution in [3.05, 3.63) is 63.6 Å². The zero-order chi connectivity index (χ0) is 23.2. The van der Waals surface area contributed by atoms with Gasteiger partial charge >= 0.3 is 0 Å². The number of nitrogens with zero attached hydrogens (tertiary/aromatic N) is 1. The second-order valence-corrected chi connectivity index (χ2v) is 9.37. The Bertz CT molecular complexity index is 925. The molecule has 0 aromatic heterocycles. The molecule has 2 amide bonds. The van der Waals surface area contributed by atoms with Gasteiger partial charge in [-0.25, -0.2) is 0 Å². The molecule has 1 N–H and O–H groups in total. The number of amides is 2. The summed E-state index contributed by atoms with van der Waals surface area (Å²) in [4.78, 5) is 27.7. The highest BCUT2D eigenvalue weighted by molar-refractivity contribution is 6.35. The van der Waals surface area contributed by atoms with Crippen molar-refractivity contribution in [2.24, 2.45) is 0 Å². The number of rotatable bonds is 8. The highest BCUT2D eigenvalue weighted by Crippen LogP contribution is 2.24. The predicted octanol–water partition coefficient (Wildman–Crippen LogP) is 5.40. The van der Waals surface area contributed by atoms with Gasteiger partial charge in [-0.15, -0.1) is 0 Å². The Labute approximate surface area is 194 Å². The van der Waals surface area contributed by atoms with Crippen LogP contribution in [-0.2, 0) is 16.1 Å². The molecule has 0 aliphatic rings. The van der Waals surface area contributed by atoms with E-state index in [1.807, 2.05) is 52.8 Å². The second-order valence-electron chi connectivity index (χ2n) is 8.53. The lowest BCUT2D eigenvalue weighted by Crippen LogP contribution is -2.54. The Balaban J connectivity index is 2.28. The second kappa shape index (κ2) is 10.9. The number of ether oxygens (including phenoxy) is 1. The van der Waals surface area contributed by atoms with Gasteiger partial charge < -0.3 is 15.0 Å². The van der Waals surface area contributed by atoms with Crippen molar-refractivity contribution in [1.82, 2.24) is 10.2 Å². The van der Waals surface area contributed by atoms with E-state index in [2.05, 4.69) is 5.32 Å². The van der Waals surface area contributed by atoms with E-state index in [0.717, 1.165) is 5.56 Å². The Hall–Kier alpha value is -2.24. The van der Waals surface area contributed by atoms with Gasteiger partial charge in [0, 0.05) is 22.1 Å². The Morgan fingerprint density at radius 2 is 1.84 bits per heavy atom. The molecule has 1 unspecified atom stereocenters. The number of benzene rings is 2. The zero-order valence-corrected chi connectivity index (χ0v) is 20.2. The maximum Gasteiger partial charge on any atom is 0.261 e. The van der Waals surface area contributed by atoms with Crippen LogP contribution in [0.4, 0.5) is 0 Å². The van der Waals surface area contributed by atoms with Gasteiger partial charge in [-0.05, 0) is 69.5 Å². The average molecular weight is 465 g/mol. The van der Waals surface area contributed by atoms with Crippen LogP contribution in [0, 0.1) is 6.92 Å². The molecule has 0 spiro atoms. The van der Waals surface area contributed by atoms with Gasteiger partial charge in [0.2, 0.25) is 5.91 Å². The molecule has 168 valence electrons. The number of hydrogen-bond donors (Lipinski definition) is 1. The Morgan fingerprint density at radius 3 is 2.42 bits per heavy atom. The van der Waals surface area contributed by atoms with E-state index < -0.39 is 11.6 Å². The number of aryl methyl sites for hydroxylation is 1. The predicted molar refractivity (Wildman–Crippen MR) is 126 cm³/mol. The van der Waals surface area contributed by atoms with Gasteiger partial charge in [-0.1, -0.05) is 48.3 Å². The number of halogens is 2. The summed E-state index contributed by atoms with van der Waals surface area (Å²) in [5, 5.41) is 3.92. The summed E-state index contributed by atoms with van der Waals surface area (Å²) in [6.07, 6.45) is 0.448. The zero-order valence-electron chi connectivity index (χ0n) is 18.7. The molecule has 0 saturated carbocycles. The van der Waals surface area contributed by atoms with Gasteiger partial charge in [-0.2, -0.15) is 0 Å². The van der Waals surface area contributed by atoms with E-state index in [4.69, 9.17) is 27.9 Å². The van der Waals surface area contributed by atoms with Crippen LogP contribution in [0.2, 0.25) is 10.0 Å². The maximum atomic E-state index is 13.2. The van der Waals surface area contributed by atoms with E-state index >= 15 is 0 Å². The van der Waals surface area contributed by atoms with Crippen LogP contribution < -0.4 is 10.1 Å². The van der Waals surface area contributed by atoms with Crippen molar-refractivity contribution in [2.45, 2.75) is 59.2 Å². The molecule has 0 aliphatic heterocycles. The molecule has 5 nitrogen and oxygen atoms in total. The minimum atomic E-state index is -0.667. The van der Waals surface area contributed by atoms with E-state index in [1.165, 1.54) is 4.90 Å². The topological polar surface area (TPSA) is 58.6 Å². The molecule has 7 heteroatoms. The summed E-state index contributed by atoms with van der Waals surface area (Å²) in [5.74, 6) is 0.0810. The van der Waals surface area contributed by atoms with Crippen molar-refractivity contribution in [1.29, 1.82) is 0 Å². The minimum Gasteiger partial charge on any atom is -0.484 e. The minimum absolute atomic E-state index is 0.169. The molecule has 2 aromatic carbocycles. The Morgan fingerprint density at radius 1 is 1.13 bits per heavy atom. The number of carbonyl (C=O) groups excluding carboxylic acids is 2. The fourth-order valence-electron chi connectivity index (χ4n) is 3.14. The van der Waals surface area contributed by atoms with Crippen LogP contribution in [0.3, 0.4) is 0 Å². The van der Waals surface area contributed by atoms with Crippen LogP contribution >= 0.6 is 23.2 Å². The summed E-state index contributed by atoms with van der Waals surface area (Å²) >= 11 is 12.4. The highest BCUT2D eigenvalue weighted by Gasteiger charge is 2.31. The third-order valence-corrected chi connectivity index (χ3v) is 5.18. The van der Waals surface area contributed by atoms with Crippen LogP contribution in [0.5, 0.6) is 5.75 Å². The number of nitrogens with one attached hydrogen (secondary N) is 1. The third-order valence-electron chi connectivity index (χ3n) is 4.59. The molecule has 1 atom stereocenters. The molecule has 2 rings (SSSR count). The van der Waals surface area contributed by atoms with Crippen molar-refractivity contribution in [3.8, 4) is 5.75 Å². The molecule has 0 aliphatic carbocycles. The Kier molecular flexibility index (Phi) is 8.78. The fourth-order valence-corrected chi connectivity index (χ4v) is 3.61. The first-order valence-corrected chi connectivity index (χ1v) is 11.0. The monoisotopic (exact) mass is 464 g/mol. The summed E-state index contributed by atoms with van der Waals surface area (Å²) in [6.45, 7) is 9.52. The van der Waals surface area contributed by atoms with Crippen molar-refractivity contribution < 1.29 is 14.3 Å². The van der Waals surface area contributed by atoms with Gasteiger partial charge in [-0.3, -0.25) is 9.59 Å². The summed E-state index contributed by atoms with van der Waals surface area (Å²) in [7, 11) is 0. The van der Waals surface area contributed by atoms with Crippen molar-refractivity contribution in [2.75, 3.05) is 6.61 Å². The van der Waals surface area contributed by atoms with E-state index in [9.17, 15) is 9.59 Å². The molecule has 0 radical (unpaired) electrons. The quantitative estimate of drug-likeness (QED) is 0.568. The lowest BCUT2D eigenvalue weighted by atomic mass is 10.1. The number of carbonyl (C=O) groups is 2. The van der Waals surface area contributed by atoms with E-state index in [0.29, 0.717) is 27.8 Å². The fraction of sp³-hybridized carbons (Fsp3) is 0.417. The molecular formula is C24H30Cl2N2O3. The first-order valence-electron chi connectivity index (χ1n) is 10.2. The largest absolute Gasteiger partial charge is 0.484 e. The standard InChI is InChI=1S/C24H30Cl2N2O3/c1-6-21(23(30)27-24(3,4)5)28(14-17-10-11-18(25)13-20(17)26)22(29)15-31-19-9-7-8-16(2)12-19/h7-13,21H,6,14-15H2,1-5H3,(H,27,30). The van der Waals surface area contributed by atoms with Gasteiger partial charge in [0.15, 0.2) is 6.61 Å². The van der Waals surface area contributed by atoms with Crippen LogP contribution in [0.25, 0.3) is 0 Å². The van der Waals surface area contributed by atoms with Gasteiger partial charge in [0.25, 0.3) is 5.91 Å². The lowest BCUT2D eigenvalue weighted by Gasteiger charge is -2.33. The first-order chi connectivity index (χ1) is 14.5. The van der Waals surface area contributed by atoms with Crippen molar-refractivity contribution in [3.63, 3.8) is 0 Å². The van der Waals surface area contributed by atoms with Gasteiger partial charge in [0.1, 0.15) is 11.8 Å². The van der Waals surface area contributed by atoms with Crippen LogP contribution in [0.1, 0.15) is 45.2 Å². The molecule has 0 bridgehead atoms. The average Bonchev–Trinajstić information content (AvgIpc) is 2.66. The van der Waals surface area contributed by atoms with Crippen LogP contribution in [-0.4, -0.2) is 34.9 Å².